The lowest BCUT2D eigenvalue weighted by molar-refractivity contribution is 0.0345. The molecule has 0 spiro atoms. The molecular formula is C18H20Cl2N2O3S. The smallest absolute Gasteiger partial charge is 0.241 e. The molecule has 0 aromatic heterocycles. The van der Waals surface area contributed by atoms with Gasteiger partial charge in [0.25, 0.3) is 0 Å². The molecule has 1 heterocycles. The minimum Gasteiger partial charge on any atom is -0.379 e. The van der Waals surface area contributed by atoms with E-state index in [-0.39, 0.29) is 16.0 Å². The van der Waals surface area contributed by atoms with Crippen LogP contribution in [0.4, 0.5) is 0 Å². The van der Waals surface area contributed by atoms with Crippen LogP contribution in [0.15, 0.2) is 53.4 Å². The quantitative estimate of drug-likeness (QED) is 0.786. The van der Waals surface area contributed by atoms with E-state index in [0.29, 0.717) is 24.8 Å². The first kappa shape index (κ1) is 19.6. The van der Waals surface area contributed by atoms with E-state index in [2.05, 4.69) is 9.62 Å². The summed E-state index contributed by atoms with van der Waals surface area (Å²) >= 11 is 11.9. The highest BCUT2D eigenvalue weighted by Crippen LogP contribution is 2.26. The van der Waals surface area contributed by atoms with E-state index in [4.69, 9.17) is 27.9 Å². The highest BCUT2D eigenvalue weighted by molar-refractivity contribution is 7.89. The fraction of sp³-hybridized carbons (Fsp3) is 0.333. The van der Waals surface area contributed by atoms with Crippen molar-refractivity contribution in [3.8, 4) is 0 Å². The van der Waals surface area contributed by atoms with Crippen molar-refractivity contribution in [3.63, 3.8) is 0 Å². The van der Waals surface area contributed by atoms with Gasteiger partial charge in [-0.2, -0.15) is 0 Å². The molecule has 0 radical (unpaired) electrons. The highest BCUT2D eigenvalue weighted by Gasteiger charge is 2.25. The molecule has 0 amide bonds. The van der Waals surface area contributed by atoms with Crippen LogP contribution in [0.2, 0.25) is 10.0 Å². The Kier molecular flexibility index (Phi) is 6.55. The lowest BCUT2D eigenvalue weighted by Gasteiger charge is -2.31. The van der Waals surface area contributed by atoms with Gasteiger partial charge in [-0.3, -0.25) is 4.90 Å². The molecule has 140 valence electrons. The Hall–Kier alpha value is -1.15. The molecule has 1 aliphatic heterocycles. The Morgan fingerprint density at radius 1 is 1.04 bits per heavy atom. The molecule has 0 saturated carbocycles. The van der Waals surface area contributed by atoms with Gasteiger partial charge in [-0.25, -0.2) is 13.1 Å². The van der Waals surface area contributed by atoms with E-state index in [9.17, 15) is 8.42 Å². The van der Waals surface area contributed by atoms with E-state index >= 15 is 0 Å². The average molecular weight is 415 g/mol. The summed E-state index contributed by atoms with van der Waals surface area (Å²) in [7, 11) is -3.75. The molecule has 1 fully saturated rings. The van der Waals surface area contributed by atoms with E-state index in [0.717, 1.165) is 18.7 Å². The second kappa shape index (κ2) is 8.69. The van der Waals surface area contributed by atoms with Gasteiger partial charge >= 0.3 is 0 Å². The summed E-state index contributed by atoms with van der Waals surface area (Å²) in [4.78, 5) is 2.29. The van der Waals surface area contributed by atoms with Crippen molar-refractivity contribution in [1.29, 1.82) is 0 Å². The van der Waals surface area contributed by atoms with Gasteiger partial charge in [-0.1, -0.05) is 53.5 Å². The number of morpholine rings is 1. The summed E-state index contributed by atoms with van der Waals surface area (Å²) < 4.78 is 33.9. The van der Waals surface area contributed by atoms with Crippen LogP contribution in [0.25, 0.3) is 0 Å². The van der Waals surface area contributed by atoms with Crippen molar-refractivity contribution in [1.82, 2.24) is 9.62 Å². The molecule has 1 aliphatic rings. The molecule has 8 heteroatoms. The number of rotatable bonds is 6. The maximum atomic E-state index is 12.9. The van der Waals surface area contributed by atoms with Crippen molar-refractivity contribution in [2.24, 2.45) is 0 Å². The van der Waals surface area contributed by atoms with Gasteiger partial charge < -0.3 is 4.74 Å². The zero-order valence-corrected chi connectivity index (χ0v) is 16.4. The van der Waals surface area contributed by atoms with Gasteiger partial charge in [0.05, 0.1) is 34.2 Å². The number of nitrogens with one attached hydrogen (secondary N) is 1. The zero-order chi connectivity index (χ0) is 18.6. The third-order valence-corrected chi connectivity index (χ3v) is 6.45. The summed E-state index contributed by atoms with van der Waals surface area (Å²) in [5.74, 6) is 0. The molecule has 0 bridgehead atoms. The van der Waals surface area contributed by atoms with Crippen molar-refractivity contribution in [2.75, 3.05) is 32.8 Å². The minimum absolute atomic E-state index is 0.0924. The lowest BCUT2D eigenvalue weighted by Crippen LogP contribution is -2.43. The molecule has 0 aliphatic carbocycles. The third-order valence-electron chi connectivity index (χ3n) is 4.25. The third kappa shape index (κ3) is 4.97. The fourth-order valence-corrected chi connectivity index (χ4v) is 4.44. The van der Waals surface area contributed by atoms with Crippen LogP contribution in [0.3, 0.4) is 0 Å². The number of halogens is 2. The number of ether oxygens (including phenoxy) is 1. The number of hydrogen-bond donors (Lipinski definition) is 1. The Bertz CT molecular complexity index is 841. The predicted molar refractivity (Wildman–Crippen MR) is 103 cm³/mol. The maximum absolute atomic E-state index is 12.9. The van der Waals surface area contributed by atoms with E-state index < -0.39 is 10.0 Å². The monoisotopic (exact) mass is 414 g/mol. The van der Waals surface area contributed by atoms with Crippen LogP contribution >= 0.6 is 23.2 Å². The van der Waals surface area contributed by atoms with Gasteiger partial charge in [0.2, 0.25) is 10.0 Å². The molecule has 1 atom stereocenters. The van der Waals surface area contributed by atoms with E-state index in [1.807, 2.05) is 30.3 Å². The van der Waals surface area contributed by atoms with Crippen molar-refractivity contribution < 1.29 is 13.2 Å². The van der Waals surface area contributed by atoms with Gasteiger partial charge in [0, 0.05) is 19.6 Å². The van der Waals surface area contributed by atoms with Crippen molar-refractivity contribution >= 4 is 33.2 Å². The standard InChI is InChI=1S/C18H20Cl2N2O3S/c19-16-7-6-15(12-17(16)20)26(23,24)21-18(14-4-2-1-3-5-14)13-22-8-10-25-11-9-22/h1-7,12,18,21H,8-11,13H2/t18-/m1/s1. The Morgan fingerprint density at radius 2 is 1.73 bits per heavy atom. The van der Waals surface area contributed by atoms with Crippen LogP contribution in [0, 0.1) is 0 Å². The Balaban J connectivity index is 1.85. The molecule has 5 nitrogen and oxygen atoms in total. The van der Waals surface area contributed by atoms with Crippen molar-refractivity contribution in [3.05, 3.63) is 64.1 Å². The first-order chi connectivity index (χ1) is 12.5. The average Bonchev–Trinajstić information content (AvgIpc) is 2.65. The Morgan fingerprint density at radius 3 is 2.38 bits per heavy atom. The molecule has 26 heavy (non-hydrogen) atoms. The maximum Gasteiger partial charge on any atom is 0.241 e. The van der Waals surface area contributed by atoms with Crippen LogP contribution in [-0.2, 0) is 14.8 Å². The topological polar surface area (TPSA) is 58.6 Å². The number of sulfonamides is 1. The molecule has 2 aromatic carbocycles. The minimum atomic E-state index is -3.75. The van der Waals surface area contributed by atoms with Gasteiger partial charge in [0.15, 0.2) is 0 Å². The fourth-order valence-electron chi connectivity index (χ4n) is 2.84. The summed E-state index contributed by atoms with van der Waals surface area (Å²) in [6.07, 6.45) is 0. The molecule has 1 N–H and O–H groups in total. The first-order valence-corrected chi connectivity index (χ1v) is 10.5. The van der Waals surface area contributed by atoms with Gasteiger partial charge in [-0.05, 0) is 23.8 Å². The van der Waals surface area contributed by atoms with E-state index in [1.54, 1.807) is 0 Å². The summed E-state index contributed by atoms with van der Waals surface area (Å²) in [6, 6.07) is 13.5. The van der Waals surface area contributed by atoms with Crippen LogP contribution in [-0.4, -0.2) is 46.2 Å². The normalized spacial score (nSPS) is 17.2. The SMILES string of the molecule is O=S(=O)(N[C@H](CN1CCOCC1)c1ccccc1)c1ccc(Cl)c(Cl)c1. The van der Waals surface area contributed by atoms with Gasteiger partial charge in [0.1, 0.15) is 0 Å². The Labute approximate surface area is 163 Å². The summed E-state index contributed by atoms with van der Waals surface area (Å²) in [5.41, 5.74) is 0.905. The number of benzene rings is 2. The zero-order valence-electron chi connectivity index (χ0n) is 14.1. The summed E-state index contributed by atoms with van der Waals surface area (Å²) in [5, 5.41) is 0.525. The lowest BCUT2D eigenvalue weighted by atomic mass is 10.1. The van der Waals surface area contributed by atoms with Crippen molar-refractivity contribution in [2.45, 2.75) is 10.9 Å². The second-order valence-electron chi connectivity index (χ2n) is 6.07. The highest BCUT2D eigenvalue weighted by atomic mass is 35.5. The van der Waals surface area contributed by atoms with E-state index in [1.165, 1.54) is 18.2 Å². The first-order valence-electron chi connectivity index (χ1n) is 8.28. The second-order valence-corrected chi connectivity index (χ2v) is 8.60. The molecule has 3 rings (SSSR count). The summed E-state index contributed by atoms with van der Waals surface area (Å²) in [6.45, 7) is 3.42. The molecule has 1 saturated heterocycles. The van der Waals surface area contributed by atoms with Gasteiger partial charge in [-0.15, -0.1) is 0 Å². The predicted octanol–water partition coefficient (Wildman–Crippen LogP) is 3.35. The van der Waals surface area contributed by atoms with Crippen LogP contribution in [0.5, 0.6) is 0 Å². The number of nitrogens with zero attached hydrogens (tertiary/aromatic N) is 1. The van der Waals surface area contributed by atoms with Crippen LogP contribution < -0.4 is 4.72 Å². The molecular weight excluding hydrogens is 395 g/mol. The molecule has 0 unspecified atom stereocenters. The largest absolute Gasteiger partial charge is 0.379 e. The number of hydrogen-bond acceptors (Lipinski definition) is 4. The van der Waals surface area contributed by atoms with Crippen LogP contribution in [0.1, 0.15) is 11.6 Å². The molecule has 2 aromatic rings.